The van der Waals surface area contributed by atoms with Gasteiger partial charge in [-0.15, -0.1) is 0 Å². The van der Waals surface area contributed by atoms with Crippen molar-refractivity contribution in [1.82, 2.24) is 14.8 Å². The molecule has 1 aromatic heterocycles. The molecule has 166 valence electrons. The first-order valence-corrected chi connectivity index (χ1v) is 10.4. The molecule has 0 saturated heterocycles. The molecule has 0 aliphatic carbocycles. The van der Waals surface area contributed by atoms with Gasteiger partial charge >= 0.3 is 6.09 Å². The Labute approximate surface area is 182 Å². The second kappa shape index (κ2) is 9.68. The lowest BCUT2D eigenvalue weighted by Gasteiger charge is -2.29. The number of hydrogen-bond acceptors (Lipinski definition) is 6. The highest BCUT2D eigenvalue weighted by Crippen LogP contribution is 2.32. The molecule has 8 heteroatoms. The van der Waals surface area contributed by atoms with E-state index >= 15 is 0 Å². The van der Waals surface area contributed by atoms with Gasteiger partial charge in [0, 0.05) is 25.8 Å². The summed E-state index contributed by atoms with van der Waals surface area (Å²) in [6.45, 7) is 9.04. The number of aromatic nitrogens is 1. The molecule has 1 aliphatic heterocycles. The summed E-state index contributed by atoms with van der Waals surface area (Å²) >= 11 is 0. The number of likely N-dealkylation sites (N-methyl/N-ethyl adjacent to an activating group) is 1. The number of amides is 2. The molecule has 2 aromatic rings. The molecule has 0 atom stereocenters. The van der Waals surface area contributed by atoms with Crippen molar-refractivity contribution < 1.29 is 23.8 Å². The van der Waals surface area contributed by atoms with Crippen LogP contribution in [0.3, 0.4) is 0 Å². The highest BCUT2D eigenvalue weighted by Gasteiger charge is 2.26. The molecule has 31 heavy (non-hydrogen) atoms. The first-order chi connectivity index (χ1) is 14.8. The van der Waals surface area contributed by atoms with Gasteiger partial charge in [0.1, 0.15) is 17.8 Å². The monoisotopic (exact) mass is 427 g/mol. The smallest absolute Gasteiger partial charge is 0.410 e. The van der Waals surface area contributed by atoms with Crippen molar-refractivity contribution >= 4 is 12.0 Å². The molecular formula is C23H29N3O5. The third-order valence-electron chi connectivity index (χ3n) is 4.64. The third kappa shape index (κ3) is 5.87. The fraction of sp³-hybridized carbons (Fsp3) is 0.435. The van der Waals surface area contributed by atoms with Gasteiger partial charge in [-0.3, -0.25) is 4.79 Å². The van der Waals surface area contributed by atoms with E-state index in [2.05, 4.69) is 4.98 Å². The standard InChI is InChI=1S/C23H29N3O5/c1-5-25-13-14-26(22(28)31-23(2,3)4)15-16-29-18-10-6-7-11-19(18)30-20-17(21(25)27)9-8-12-24-20/h6-12H,5,13-16H2,1-4H3. The van der Waals surface area contributed by atoms with Gasteiger partial charge in [-0.1, -0.05) is 12.1 Å². The summed E-state index contributed by atoms with van der Waals surface area (Å²) in [5.41, 5.74) is -0.271. The van der Waals surface area contributed by atoms with E-state index in [0.29, 0.717) is 43.2 Å². The molecule has 2 heterocycles. The van der Waals surface area contributed by atoms with Crippen molar-refractivity contribution in [3.63, 3.8) is 0 Å². The Bertz CT molecular complexity index is 925. The second-order valence-electron chi connectivity index (χ2n) is 8.11. The summed E-state index contributed by atoms with van der Waals surface area (Å²) in [5.74, 6) is 0.946. The van der Waals surface area contributed by atoms with Crippen molar-refractivity contribution in [3.05, 3.63) is 48.2 Å². The van der Waals surface area contributed by atoms with E-state index in [0.717, 1.165) is 0 Å². The predicted molar refractivity (Wildman–Crippen MR) is 116 cm³/mol. The van der Waals surface area contributed by atoms with Crippen LogP contribution >= 0.6 is 0 Å². The van der Waals surface area contributed by atoms with Crippen LogP contribution in [0, 0.1) is 0 Å². The zero-order valence-electron chi connectivity index (χ0n) is 18.5. The molecule has 0 spiro atoms. The van der Waals surface area contributed by atoms with Crippen LogP contribution in [0.15, 0.2) is 42.6 Å². The molecule has 0 fully saturated rings. The fourth-order valence-corrected chi connectivity index (χ4v) is 3.09. The van der Waals surface area contributed by atoms with Gasteiger partial charge in [-0.05, 0) is 52.0 Å². The van der Waals surface area contributed by atoms with Gasteiger partial charge in [-0.2, -0.15) is 0 Å². The maximum atomic E-state index is 13.2. The van der Waals surface area contributed by atoms with Gasteiger partial charge in [-0.25, -0.2) is 9.78 Å². The molecular weight excluding hydrogens is 398 g/mol. The summed E-state index contributed by atoms with van der Waals surface area (Å²) in [5, 5.41) is 0. The Balaban J connectivity index is 1.95. The van der Waals surface area contributed by atoms with Crippen LogP contribution in [0.1, 0.15) is 38.1 Å². The largest absolute Gasteiger partial charge is 0.488 e. The highest BCUT2D eigenvalue weighted by atomic mass is 16.6. The summed E-state index contributed by atoms with van der Waals surface area (Å²) in [7, 11) is 0. The zero-order chi connectivity index (χ0) is 22.4. The molecule has 0 saturated carbocycles. The summed E-state index contributed by atoms with van der Waals surface area (Å²) in [4.78, 5) is 33.4. The number of nitrogens with zero attached hydrogens (tertiary/aromatic N) is 3. The fourth-order valence-electron chi connectivity index (χ4n) is 3.09. The van der Waals surface area contributed by atoms with Crippen LogP contribution in [0.2, 0.25) is 0 Å². The number of rotatable bonds is 1. The highest BCUT2D eigenvalue weighted by molar-refractivity contribution is 5.96. The molecule has 2 amide bonds. The second-order valence-corrected chi connectivity index (χ2v) is 8.11. The summed E-state index contributed by atoms with van der Waals surface area (Å²) in [6.07, 6.45) is 1.13. The summed E-state index contributed by atoms with van der Waals surface area (Å²) in [6, 6.07) is 10.5. The van der Waals surface area contributed by atoms with Crippen molar-refractivity contribution in [2.45, 2.75) is 33.3 Å². The van der Waals surface area contributed by atoms with Crippen LogP contribution in [-0.4, -0.2) is 65.2 Å². The Morgan fingerprint density at radius 2 is 1.84 bits per heavy atom. The van der Waals surface area contributed by atoms with Gasteiger partial charge in [0.25, 0.3) is 5.91 Å². The lowest BCUT2D eigenvalue weighted by molar-refractivity contribution is 0.0205. The number of fused-ring (bicyclic) bond motifs is 2. The van der Waals surface area contributed by atoms with E-state index in [-0.39, 0.29) is 18.4 Å². The first kappa shape index (κ1) is 22.4. The normalized spacial score (nSPS) is 15.3. The number of ether oxygens (including phenoxy) is 3. The Hall–Kier alpha value is -3.29. The first-order valence-electron chi connectivity index (χ1n) is 10.4. The number of carbonyl (C=O) groups excluding carboxylic acids is 2. The zero-order valence-corrected chi connectivity index (χ0v) is 18.5. The number of pyridine rings is 1. The number of para-hydroxylation sites is 2. The molecule has 1 aliphatic rings. The van der Waals surface area contributed by atoms with E-state index in [9.17, 15) is 9.59 Å². The number of carbonyl (C=O) groups is 2. The molecule has 3 rings (SSSR count). The van der Waals surface area contributed by atoms with E-state index < -0.39 is 11.7 Å². The van der Waals surface area contributed by atoms with E-state index in [1.165, 1.54) is 0 Å². The quantitative estimate of drug-likeness (QED) is 0.685. The minimum atomic E-state index is -0.621. The van der Waals surface area contributed by atoms with E-state index in [4.69, 9.17) is 14.2 Å². The van der Waals surface area contributed by atoms with Gasteiger partial charge in [0.2, 0.25) is 5.88 Å². The van der Waals surface area contributed by atoms with Crippen LogP contribution in [0.4, 0.5) is 4.79 Å². The topological polar surface area (TPSA) is 81.2 Å². The SMILES string of the molecule is CCN1CCN(C(=O)OC(C)(C)C)CCOc2ccccc2Oc2ncccc2C1=O. The van der Waals surface area contributed by atoms with Crippen molar-refractivity contribution in [3.8, 4) is 17.4 Å². The van der Waals surface area contributed by atoms with E-state index in [1.54, 1.807) is 40.3 Å². The molecule has 0 bridgehead atoms. The average Bonchev–Trinajstić information content (AvgIpc) is 2.73. The third-order valence-corrected chi connectivity index (χ3v) is 4.64. The lowest BCUT2D eigenvalue weighted by Crippen LogP contribution is -2.44. The number of benzene rings is 1. The number of hydrogen-bond donors (Lipinski definition) is 0. The Morgan fingerprint density at radius 3 is 2.55 bits per heavy atom. The summed E-state index contributed by atoms with van der Waals surface area (Å²) < 4.78 is 17.4. The maximum absolute atomic E-state index is 13.2. The van der Waals surface area contributed by atoms with Gasteiger partial charge in [0.15, 0.2) is 11.5 Å². The van der Waals surface area contributed by atoms with Crippen molar-refractivity contribution in [1.29, 1.82) is 0 Å². The van der Waals surface area contributed by atoms with Crippen LogP contribution in [0.5, 0.6) is 17.4 Å². The molecule has 0 unspecified atom stereocenters. The van der Waals surface area contributed by atoms with Crippen LogP contribution < -0.4 is 9.47 Å². The molecule has 1 aromatic carbocycles. The Kier molecular flexibility index (Phi) is 6.99. The van der Waals surface area contributed by atoms with Gasteiger partial charge in [0.05, 0.1) is 6.54 Å². The van der Waals surface area contributed by atoms with E-state index in [1.807, 2.05) is 39.8 Å². The molecule has 8 nitrogen and oxygen atoms in total. The van der Waals surface area contributed by atoms with Crippen molar-refractivity contribution in [2.75, 3.05) is 32.8 Å². The lowest BCUT2D eigenvalue weighted by atomic mass is 10.2. The van der Waals surface area contributed by atoms with Crippen molar-refractivity contribution in [2.24, 2.45) is 0 Å². The predicted octanol–water partition coefficient (Wildman–Crippen LogP) is 3.97. The maximum Gasteiger partial charge on any atom is 0.410 e. The van der Waals surface area contributed by atoms with Crippen LogP contribution in [-0.2, 0) is 4.74 Å². The van der Waals surface area contributed by atoms with Crippen LogP contribution in [0.25, 0.3) is 0 Å². The minimum Gasteiger partial charge on any atom is -0.488 e. The molecule has 0 N–H and O–H groups in total. The average molecular weight is 428 g/mol. The van der Waals surface area contributed by atoms with Gasteiger partial charge < -0.3 is 24.0 Å². The minimum absolute atomic E-state index is 0.213. The molecule has 0 radical (unpaired) electrons. The Morgan fingerprint density at radius 1 is 1.10 bits per heavy atom.